The van der Waals surface area contributed by atoms with Gasteiger partial charge in [0, 0.05) is 35.8 Å². The lowest BCUT2D eigenvalue weighted by Gasteiger charge is -2.31. The van der Waals surface area contributed by atoms with E-state index in [1.807, 2.05) is 59.9 Å². The summed E-state index contributed by atoms with van der Waals surface area (Å²) in [5.41, 5.74) is 3.92. The summed E-state index contributed by atoms with van der Waals surface area (Å²) in [5, 5.41) is 5.79. The van der Waals surface area contributed by atoms with Crippen LogP contribution in [-0.4, -0.2) is 47.7 Å². The lowest BCUT2D eigenvalue weighted by atomic mass is 9.97. The van der Waals surface area contributed by atoms with E-state index in [0.717, 1.165) is 39.6 Å². The molecular formula is C27H31N3O3S2. The molecule has 8 heteroatoms. The van der Waals surface area contributed by atoms with Crippen molar-refractivity contribution in [3.63, 3.8) is 0 Å². The fraction of sp³-hybridized carbons (Fsp3) is 0.370. The SMILES string of the molecule is CSc1ccccc1CNC(=O)c1csc(C2CCN(C(=O)COc3ccc(C)c(C)c3)CC2)n1. The average molecular weight is 510 g/mol. The zero-order valence-corrected chi connectivity index (χ0v) is 22.0. The Morgan fingerprint density at radius 3 is 2.66 bits per heavy atom. The van der Waals surface area contributed by atoms with Gasteiger partial charge in [-0.2, -0.15) is 0 Å². The number of rotatable bonds is 8. The van der Waals surface area contributed by atoms with Crippen molar-refractivity contribution in [2.24, 2.45) is 0 Å². The van der Waals surface area contributed by atoms with E-state index in [1.165, 1.54) is 16.9 Å². The molecule has 1 fully saturated rings. The molecule has 6 nitrogen and oxygen atoms in total. The molecule has 184 valence electrons. The largest absolute Gasteiger partial charge is 0.484 e. The number of hydrogen-bond donors (Lipinski definition) is 1. The van der Waals surface area contributed by atoms with Crippen molar-refractivity contribution in [3.8, 4) is 5.75 Å². The molecule has 2 aromatic carbocycles. The Kier molecular flexibility index (Phi) is 8.46. The Hall–Kier alpha value is -2.84. The van der Waals surface area contributed by atoms with E-state index in [1.54, 1.807) is 11.8 Å². The number of aryl methyl sites for hydroxylation is 2. The van der Waals surface area contributed by atoms with Gasteiger partial charge in [-0.05, 0) is 67.8 Å². The smallest absolute Gasteiger partial charge is 0.271 e. The van der Waals surface area contributed by atoms with E-state index in [4.69, 9.17) is 4.74 Å². The van der Waals surface area contributed by atoms with Crippen LogP contribution in [0.15, 0.2) is 52.7 Å². The highest BCUT2D eigenvalue weighted by atomic mass is 32.2. The molecule has 1 saturated heterocycles. The third-order valence-corrected chi connectivity index (χ3v) is 8.27. The number of nitrogens with zero attached hydrogens (tertiary/aromatic N) is 2. The van der Waals surface area contributed by atoms with E-state index < -0.39 is 0 Å². The van der Waals surface area contributed by atoms with Crippen molar-refractivity contribution in [2.75, 3.05) is 26.0 Å². The van der Waals surface area contributed by atoms with Gasteiger partial charge in [0.05, 0.1) is 5.01 Å². The van der Waals surface area contributed by atoms with E-state index in [-0.39, 0.29) is 24.3 Å². The summed E-state index contributed by atoms with van der Waals surface area (Å²) in [6.45, 7) is 5.96. The van der Waals surface area contributed by atoms with Gasteiger partial charge in [-0.3, -0.25) is 9.59 Å². The molecule has 3 aromatic rings. The molecule has 1 aromatic heterocycles. The molecule has 0 unspecified atom stereocenters. The van der Waals surface area contributed by atoms with Gasteiger partial charge < -0.3 is 15.0 Å². The normalized spacial score (nSPS) is 14.1. The van der Waals surface area contributed by atoms with Gasteiger partial charge in [-0.1, -0.05) is 24.3 Å². The van der Waals surface area contributed by atoms with Gasteiger partial charge >= 0.3 is 0 Å². The van der Waals surface area contributed by atoms with Crippen LogP contribution in [0, 0.1) is 13.8 Å². The maximum Gasteiger partial charge on any atom is 0.271 e. The van der Waals surface area contributed by atoms with E-state index >= 15 is 0 Å². The minimum atomic E-state index is -0.153. The first-order chi connectivity index (χ1) is 16.9. The van der Waals surface area contributed by atoms with Gasteiger partial charge in [0.25, 0.3) is 11.8 Å². The number of thioether (sulfide) groups is 1. The molecule has 1 aliphatic heterocycles. The first kappa shape index (κ1) is 25.3. The third-order valence-electron chi connectivity index (χ3n) is 6.42. The number of piperidine rings is 1. The highest BCUT2D eigenvalue weighted by Gasteiger charge is 2.26. The molecule has 0 aliphatic carbocycles. The Morgan fingerprint density at radius 1 is 1.14 bits per heavy atom. The van der Waals surface area contributed by atoms with Crippen LogP contribution in [0.2, 0.25) is 0 Å². The van der Waals surface area contributed by atoms with Crippen molar-refractivity contribution >= 4 is 34.9 Å². The van der Waals surface area contributed by atoms with Crippen molar-refractivity contribution in [3.05, 3.63) is 75.2 Å². The summed E-state index contributed by atoms with van der Waals surface area (Å²) >= 11 is 3.20. The fourth-order valence-electron chi connectivity index (χ4n) is 4.11. The number of carbonyl (C=O) groups excluding carboxylic acids is 2. The van der Waals surface area contributed by atoms with Crippen LogP contribution in [0.25, 0.3) is 0 Å². The standard InChI is InChI=1S/C27H31N3O3S2/c1-18-8-9-22(14-19(18)2)33-16-25(31)30-12-10-20(11-13-30)27-29-23(17-35-27)26(32)28-15-21-6-4-5-7-24(21)34-3/h4-9,14,17,20H,10-13,15-16H2,1-3H3,(H,28,32). The molecule has 0 spiro atoms. The molecule has 0 bridgehead atoms. The third kappa shape index (κ3) is 6.44. The van der Waals surface area contributed by atoms with Crippen LogP contribution in [-0.2, 0) is 11.3 Å². The second kappa shape index (κ2) is 11.7. The summed E-state index contributed by atoms with van der Waals surface area (Å²) in [5.74, 6) is 0.844. The molecule has 0 atom stereocenters. The second-order valence-electron chi connectivity index (χ2n) is 8.76. The summed E-state index contributed by atoms with van der Waals surface area (Å²) in [6, 6.07) is 13.9. The second-order valence-corrected chi connectivity index (χ2v) is 10.5. The Balaban J connectivity index is 1.25. The average Bonchev–Trinajstić information content (AvgIpc) is 3.38. The van der Waals surface area contributed by atoms with Crippen molar-refractivity contribution in [1.82, 2.24) is 15.2 Å². The molecule has 1 N–H and O–H groups in total. The molecule has 1 aliphatic rings. The summed E-state index contributed by atoms with van der Waals surface area (Å²) < 4.78 is 5.72. The lowest BCUT2D eigenvalue weighted by molar-refractivity contribution is -0.134. The number of carbonyl (C=O) groups is 2. The zero-order chi connectivity index (χ0) is 24.8. The molecule has 4 rings (SSSR count). The van der Waals surface area contributed by atoms with Gasteiger partial charge in [-0.25, -0.2) is 4.98 Å². The van der Waals surface area contributed by atoms with Crippen LogP contribution in [0.4, 0.5) is 0 Å². The van der Waals surface area contributed by atoms with Crippen molar-refractivity contribution < 1.29 is 14.3 Å². The maximum atomic E-state index is 12.6. The minimum Gasteiger partial charge on any atom is -0.484 e. The topological polar surface area (TPSA) is 71.5 Å². The predicted octanol–water partition coefficient (Wildman–Crippen LogP) is 5.20. The Morgan fingerprint density at radius 2 is 1.91 bits per heavy atom. The number of benzene rings is 2. The van der Waals surface area contributed by atoms with Gasteiger partial charge in [-0.15, -0.1) is 23.1 Å². The Labute approximate surface area is 215 Å². The lowest BCUT2D eigenvalue weighted by Crippen LogP contribution is -2.40. The highest BCUT2D eigenvalue weighted by molar-refractivity contribution is 7.98. The van der Waals surface area contributed by atoms with Gasteiger partial charge in [0.1, 0.15) is 11.4 Å². The predicted molar refractivity (Wildman–Crippen MR) is 141 cm³/mol. The van der Waals surface area contributed by atoms with E-state index in [9.17, 15) is 9.59 Å². The summed E-state index contributed by atoms with van der Waals surface area (Å²) in [7, 11) is 0. The van der Waals surface area contributed by atoms with Gasteiger partial charge in [0.2, 0.25) is 0 Å². The van der Waals surface area contributed by atoms with Crippen LogP contribution in [0.5, 0.6) is 5.75 Å². The number of likely N-dealkylation sites (tertiary alicyclic amines) is 1. The van der Waals surface area contributed by atoms with Crippen LogP contribution in [0.3, 0.4) is 0 Å². The first-order valence-corrected chi connectivity index (χ1v) is 13.9. The minimum absolute atomic E-state index is 0.00593. The van der Waals surface area contributed by atoms with Crippen LogP contribution >= 0.6 is 23.1 Å². The summed E-state index contributed by atoms with van der Waals surface area (Å²) in [6.07, 6.45) is 3.71. The van der Waals surface area contributed by atoms with Gasteiger partial charge in [0.15, 0.2) is 6.61 Å². The van der Waals surface area contributed by atoms with E-state index in [0.29, 0.717) is 25.3 Å². The molecule has 0 saturated carbocycles. The number of nitrogens with one attached hydrogen (secondary N) is 1. The summed E-state index contributed by atoms with van der Waals surface area (Å²) in [4.78, 5) is 32.9. The maximum absolute atomic E-state index is 12.6. The quantitative estimate of drug-likeness (QED) is 0.423. The molecule has 0 radical (unpaired) electrons. The van der Waals surface area contributed by atoms with Crippen LogP contribution in [0.1, 0.15) is 50.9 Å². The Bertz CT molecular complexity index is 1190. The molecule has 2 heterocycles. The molecular weight excluding hydrogens is 478 g/mol. The van der Waals surface area contributed by atoms with E-state index in [2.05, 4.69) is 23.3 Å². The number of aromatic nitrogens is 1. The first-order valence-electron chi connectivity index (χ1n) is 11.8. The van der Waals surface area contributed by atoms with Crippen molar-refractivity contribution in [1.29, 1.82) is 0 Å². The zero-order valence-electron chi connectivity index (χ0n) is 20.4. The fourth-order valence-corrected chi connectivity index (χ4v) is 5.70. The monoisotopic (exact) mass is 509 g/mol. The molecule has 2 amide bonds. The number of ether oxygens (including phenoxy) is 1. The number of amides is 2. The number of hydrogen-bond acceptors (Lipinski definition) is 6. The molecule has 35 heavy (non-hydrogen) atoms. The number of thiazole rings is 1. The van der Waals surface area contributed by atoms with Crippen LogP contribution < -0.4 is 10.1 Å². The highest BCUT2D eigenvalue weighted by Crippen LogP contribution is 2.30. The van der Waals surface area contributed by atoms with Crippen molar-refractivity contribution in [2.45, 2.75) is 44.0 Å².